The standard InChI is InChI=1S/C15H17N3OS/c16-14-5-2-1-4-13(14)15(19)18-8-3-11-20-12-6-9-17-10-7-12/h1-2,4-7,9-10H,3,8,11,16H2,(H,18,19). The fraction of sp³-hybridized carbons (Fsp3) is 0.200. The highest BCUT2D eigenvalue weighted by Gasteiger charge is 2.07. The summed E-state index contributed by atoms with van der Waals surface area (Å²) < 4.78 is 0. The van der Waals surface area contributed by atoms with Crippen LogP contribution < -0.4 is 11.1 Å². The summed E-state index contributed by atoms with van der Waals surface area (Å²) in [4.78, 5) is 17.1. The van der Waals surface area contributed by atoms with E-state index in [1.807, 2.05) is 24.3 Å². The Labute approximate surface area is 122 Å². The largest absolute Gasteiger partial charge is 0.398 e. The molecule has 2 aromatic rings. The van der Waals surface area contributed by atoms with Gasteiger partial charge in [0.2, 0.25) is 0 Å². The highest BCUT2D eigenvalue weighted by molar-refractivity contribution is 7.99. The summed E-state index contributed by atoms with van der Waals surface area (Å²) in [6.45, 7) is 0.644. The predicted octanol–water partition coefficient (Wildman–Crippen LogP) is 2.58. The molecule has 104 valence electrons. The molecule has 0 aliphatic rings. The lowest BCUT2D eigenvalue weighted by molar-refractivity contribution is 0.0954. The topological polar surface area (TPSA) is 68.0 Å². The quantitative estimate of drug-likeness (QED) is 0.487. The zero-order chi connectivity index (χ0) is 14.2. The molecule has 5 heteroatoms. The third kappa shape index (κ3) is 4.28. The first-order valence-corrected chi connectivity index (χ1v) is 7.41. The smallest absolute Gasteiger partial charge is 0.253 e. The van der Waals surface area contributed by atoms with Gasteiger partial charge in [-0.1, -0.05) is 12.1 Å². The number of hydrogen-bond acceptors (Lipinski definition) is 4. The normalized spacial score (nSPS) is 10.2. The highest BCUT2D eigenvalue weighted by atomic mass is 32.2. The monoisotopic (exact) mass is 287 g/mol. The number of para-hydroxylation sites is 1. The first-order chi connectivity index (χ1) is 9.77. The number of pyridine rings is 1. The summed E-state index contributed by atoms with van der Waals surface area (Å²) >= 11 is 1.76. The van der Waals surface area contributed by atoms with Crippen molar-refractivity contribution in [2.75, 3.05) is 18.0 Å². The molecule has 3 N–H and O–H groups in total. The number of amides is 1. The van der Waals surface area contributed by atoms with Gasteiger partial charge in [-0.25, -0.2) is 0 Å². The molecular weight excluding hydrogens is 270 g/mol. The molecule has 0 fully saturated rings. The van der Waals surface area contributed by atoms with Crippen LogP contribution in [0.5, 0.6) is 0 Å². The van der Waals surface area contributed by atoms with Crippen LogP contribution in [0.2, 0.25) is 0 Å². The molecule has 1 aromatic heterocycles. The Morgan fingerprint density at radius 1 is 1.20 bits per heavy atom. The van der Waals surface area contributed by atoms with E-state index in [-0.39, 0.29) is 5.91 Å². The van der Waals surface area contributed by atoms with Gasteiger partial charge in [0, 0.05) is 29.5 Å². The van der Waals surface area contributed by atoms with Crippen LogP contribution in [0.1, 0.15) is 16.8 Å². The minimum Gasteiger partial charge on any atom is -0.398 e. The van der Waals surface area contributed by atoms with Crippen LogP contribution in [0.25, 0.3) is 0 Å². The average Bonchev–Trinajstić information content (AvgIpc) is 2.48. The van der Waals surface area contributed by atoms with E-state index in [1.165, 1.54) is 4.90 Å². The van der Waals surface area contributed by atoms with Crippen molar-refractivity contribution in [2.45, 2.75) is 11.3 Å². The summed E-state index contributed by atoms with van der Waals surface area (Å²) in [6, 6.07) is 11.1. The van der Waals surface area contributed by atoms with Crippen molar-refractivity contribution in [2.24, 2.45) is 0 Å². The summed E-state index contributed by atoms with van der Waals surface area (Å²) in [6.07, 6.45) is 4.47. The Hall–Kier alpha value is -2.01. The second-order valence-corrected chi connectivity index (χ2v) is 5.40. The van der Waals surface area contributed by atoms with Crippen LogP contribution in [0, 0.1) is 0 Å². The van der Waals surface area contributed by atoms with Gasteiger partial charge in [0.15, 0.2) is 0 Å². The highest BCUT2D eigenvalue weighted by Crippen LogP contribution is 2.16. The minimum absolute atomic E-state index is 0.114. The molecule has 0 atom stereocenters. The fourth-order valence-electron chi connectivity index (χ4n) is 1.70. The van der Waals surface area contributed by atoms with Gasteiger partial charge < -0.3 is 11.1 Å². The van der Waals surface area contributed by atoms with Crippen molar-refractivity contribution < 1.29 is 4.79 Å². The zero-order valence-corrected chi connectivity index (χ0v) is 11.9. The van der Waals surface area contributed by atoms with Gasteiger partial charge in [-0.2, -0.15) is 0 Å². The average molecular weight is 287 g/mol. The van der Waals surface area contributed by atoms with Gasteiger partial charge in [-0.05, 0) is 36.4 Å². The zero-order valence-electron chi connectivity index (χ0n) is 11.1. The van der Waals surface area contributed by atoms with Crippen LogP contribution in [0.4, 0.5) is 5.69 Å². The number of hydrogen-bond donors (Lipinski definition) is 2. The molecular formula is C15H17N3OS. The number of nitrogens with two attached hydrogens (primary N) is 1. The minimum atomic E-state index is -0.114. The number of rotatable bonds is 6. The number of nitrogens with zero attached hydrogens (tertiary/aromatic N) is 1. The molecule has 0 aliphatic heterocycles. The molecule has 0 aliphatic carbocycles. The second-order valence-electron chi connectivity index (χ2n) is 4.23. The molecule has 1 aromatic carbocycles. The van der Waals surface area contributed by atoms with Crippen LogP contribution in [0.15, 0.2) is 53.7 Å². The number of anilines is 1. The third-order valence-electron chi connectivity index (χ3n) is 2.73. The summed E-state index contributed by atoms with van der Waals surface area (Å²) in [5.74, 6) is 0.839. The molecule has 1 amide bonds. The van der Waals surface area contributed by atoms with Crippen molar-refractivity contribution in [1.29, 1.82) is 0 Å². The lowest BCUT2D eigenvalue weighted by Gasteiger charge is -2.07. The van der Waals surface area contributed by atoms with Gasteiger partial charge in [0.25, 0.3) is 5.91 Å². The van der Waals surface area contributed by atoms with E-state index in [4.69, 9.17) is 5.73 Å². The second kappa shape index (κ2) is 7.55. The predicted molar refractivity (Wildman–Crippen MR) is 82.8 cm³/mol. The molecule has 0 unspecified atom stereocenters. The van der Waals surface area contributed by atoms with Crippen molar-refractivity contribution in [1.82, 2.24) is 10.3 Å². The fourth-order valence-corrected chi connectivity index (χ4v) is 2.54. The van der Waals surface area contributed by atoms with Crippen LogP contribution >= 0.6 is 11.8 Å². The Kier molecular flexibility index (Phi) is 5.43. The Bertz CT molecular complexity index is 560. The van der Waals surface area contributed by atoms with E-state index in [0.29, 0.717) is 17.8 Å². The number of nitrogen functional groups attached to an aromatic ring is 1. The Balaban J connectivity index is 1.69. The maximum atomic E-state index is 11.9. The third-order valence-corrected chi connectivity index (χ3v) is 3.83. The van der Waals surface area contributed by atoms with Gasteiger partial charge >= 0.3 is 0 Å². The SMILES string of the molecule is Nc1ccccc1C(=O)NCCCSc1ccncc1. The Morgan fingerprint density at radius 2 is 1.95 bits per heavy atom. The molecule has 0 radical (unpaired) electrons. The van der Waals surface area contributed by atoms with Gasteiger partial charge in [-0.15, -0.1) is 11.8 Å². The maximum absolute atomic E-state index is 11.9. The number of aromatic nitrogens is 1. The first-order valence-electron chi connectivity index (χ1n) is 6.43. The molecule has 0 bridgehead atoms. The number of nitrogens with one attached hydrogen (secondary N) is 1. The van der Waals surface area contributed by atoms with Crippen molar-refractivity contribution >= 4 is 23.4 Å². The number of carbonyl (C=O) groups excluding carboxylic acids is 1. The van der Waals surface area contributed by atoms with Crippen molar-refractivity contribution in [3.8, 4) is 0 Å². The number of carbonyl (C=O) groups is 1. The summed E-state index contributed by atoms with van der Waals surface area (Å²) in [5.41, 5.74) is 6.80. The van der Waals surface area contributed by atoms with E-state index in [2.05, 4.69) is 10.3 Å². The molecule has 1 heterocycles. The molecule has 4 nitrogen and oxygen atoms in total. The molecule has 0 saturated carbocycles. The van der Waals surface area contributed by atoms with E-state index in [9.17, 15) is 4.79 Å². The summed E-state index contributed by atoms with van der Waals surface area (Å²) in [5, 5.41) is 2.88. The van der Waals surface area contributed by atoms with Gasteiger partial charge in [0.1, 0.15) is 0 Å². The number of benzene rings is 1. The lowest BCUT2D eigenvalue weighted by Crippen LogP contribution is -2.25. The van der Waals surface area contributed by atoms with Crippen molar-refractivity contribution in [3.05, 3.63) is 54.4 Å². The van der Waals surface area contributed by atoms with E-state index in [1.54, 1.807) is 36.3 Å². The summed E-state index contributed by atoms with van der Waals surface area (Å²) in [7, 11) is 0. The molecule has 2 rings (SSSR count). The molecule has 0 saturated heterocycles. The van der Waals surface area contributed by atoms with Crippen LogP contribution in [-0.4, -0.2) is 23.2 Å². The lowest BCUT2D eigenvalue weighted by atomic mass is 10.1. The van der Waals surface area contributed by atoms with E-state index >= 15 is 0 Å². The van der Waals surface area contributed by atoms with E-state index < -0.39 is 0 Å². The molecule has 0 spiro atoms. The van der Waals surface area contributed by atoms with Gasteiger partial charge in [0.05, 0.1) is 5.56 Å². The first kappa shape index (κ1) is 14.4. The van der Waals surface area contributed by atoms with E-state index in [0.717, 1.165) is 12.2 Å². The molecule has 20 heavy (non-hydrogen) atoms. The van der Waals surface area contributed by atoms with Crippen LogP contribution in [0.3, 0.4) is 0 Å². The number of thioether (sulfide) groups is 1. The maximum Gasteiger partial charge on any atom is 0.253 e. The van der Waals surface area contributed by atoms with Crippen molar-refractivity contribution in [3.63, 3.8) is 0 Å². The Morgan fingerprint density at radius 3 is 2.70 bits per heavy atom. The van der Waals surface area contributed by atoms with Gasteiger partial charge in [-0.3, -0.25) is 9.78 Å². The van der Waals surface area contributed by atoms with Crippen LogP contribution in [-0.2, 0) is 0 Å².